The summed E-state index contributed by atoms with van der Waals surface area (Å²) in [6, 6.07) is 16.9. The number of fused-ring (bicyclic) bond motifs is 1. The van der Waals surface area contributed by atoms with Gasteiger partial charge in [0.2, 0.25) is 0 Å². The second-order valence-corrected chi connectivity index (χ2v) is 5.64. The van der Waals surface area contributed by atoms with Gasteiger partial charge < -0.3 is 10.1 Å². The van der Waals surface area contributed by atoms with Crippen LogP contribution in [0.3, 0.4) is 0 Å². The van der Waals surface area contributed by atoms with Gasteiger partial charge in [0.15, 0.2) is 0 Å². The van der Waals surface area contributed by atoms with Gasteiger partial charge in [-0.1, -0.05) is 36.4 Å². The summed E-state index contributed by atoms with van der Waals surface area (Å²) in [5, 5.41) is 9.20. The average molecular weight is 337 g/mol. The highest BCUT2D eigenvalue weighted by molar-refractivity contribution is 5.92. The predicted molar refractivity (Wildman–Crippen MR) is 95.5 cm³/mol. The van der Waals surface area contributed by atoms with E-state index in [2.05, 4.69) is 10.4 Å². The van der Waals surface area contributed by atoms with Crippen molar-refractivity contribution in [3.05, 3.63) is 76.2 Å². The zero-order valence-corrected chi connectivity index (χ0v) is 13.9. The van der Waals surface area contributed by atoms with Gasteiger partial charge in [-0.3, -0.25) is 9.59 Å². The van der Waals surface area contributed by atoms with E-state index >= 15 is 0 Å². The van der Waals surface area contributed by atoms with Crippen LogP contribution in [0.2, 0.25) is 0 Å². The van der Waals surface area contributed by atoms with E-state index < -0.39 is 0 Å². The van der Waals surface area contributed by atoms with Crippen LogP contribution in [0.25, 0.3) is 10.8 Å². The van der Waals surface area contributed by atoms with E-state index in [-0.39, 0.29) is 17.2 Å². The van der Waals surface area contributed by atoms with Gasteiger partial charge in [0.05, 0.1) is 13.2 Å². The van der Waals surface area contributed by atoms with Crippen molar-refractivity contribution >= 4 is 16.7 Å². The van der Waals surface area contributed by atoms with Gasteiger partial charge in [-0.05, 0) is 28.5 Å². The highest BCUT2D eigenvalue weighted by Gasteiger charge is 2.09. The first kappa shape index (κ1) is 16.9. The number of benzene rings is 2. The van der Waals surface area contributed by atoms with Gasteiger partial charge in [0, 0.05) is 19.7 Å². The molecule has 128 valence electrons. The van der Waals surface area contributed by atoms with Crippen molar-refractivity contribution < 1.29 is 9.53 Å². The first-order valence-electron chi connectivity index (χ1n) is 8.00. The number of hydrogen-bond acceptors (Lipinski definition) is 4. The van der Waals surface area contributed by atoms with Crippen LogP contribution >= 0.6 is 0 Å². The number of ether oxygens (including phenoxy) is 1. The number of carbonyl (C=O) groups is 1. The molecule has 0 aliphatic heterocycles. The molecule has 1 N–H and O–H groups in total. The highest BCUT2D eigenvalue weighted by atomic mass is 16.5. The Morgan fingerprint density at radius 2 is 1.92 bits per heavy atom. The van der Waals surface area contributed by atoms with E-state index in [0.29, 0.717) is 19.7 Å². The minimum atomic E-state index is -0.320. The van der Waals surface area contributed by atoms with Crippen molar-refractivity contribution in [3.8, 4) is 0 Å². The van der Waals surface area contributed by atoms with E-state index in [9.17, 15) is 9.59 Å². The molecule has 6 nitrogen and oxygen atoms in total. The van der Waals surface area contributed by atoms with Crippen LogP contribution in [0.15, 0.2) is 59.4 Å². The molecule has 1 aromatic heterocycles. The van der Waals surface area contributed by atoms with Crippen LogP contribution in [0.5, 0.6) is 0 Å². The van der Waals surface area contributed by atoms with Gasteiger partial charge in [-0.2, -0.15) is 5.10 Å². The Morgan fingerprint density at radius 3 is 2.72 bits per heavy atom. The third kappa shape index (κ3) is 4.10. The van der Waals surface area contributed by atoms with Crippen molar-refractivity contribution in [2.24, 2.45) is 0 Å². The van der Waals surface area contributed by atoms with Crippen molar-refractivity contribution in [1.29, 1.82) is 0 Å². The number of methoxy groups -OCH3 is 1. The molecule has 0 fully saturated rings. The van der Waals surface area contributed by atoms with E-state index in [1.165, 1.54) is 16.8 Å². The van der Waals surface area contributed by atoms with Gasteiger partial charge in [0.1, 0.15) is 5.69 Å². The molecule has 3 aromatic rings. The Morgan fingerprint density at radius 1 is 1.12 bits per heavy atom. The Bertz CT molecular complexity index is 950. The number of nitrogens with one attached hydrogen (secondary N) is 1. The lowest BCUT2D eigenvalue weighted by Gasteiger charge is -2.08. The molecule has 0 saturated heterocycles. The minimum Gasteiger partial charge on any atom is -0.383 e. The maximum Gasteiger partial charge on any atom is 0.271 e. The van der Waals surface area contributed by atoms with Crippen LogP contribution in [-0.4, -0.2) is 29.4 Å². The number of amides is 1. The molecule has 0 bridgehead atoms. The SMILES string of the molecule is COCCn1nc(C(=O)NCc2ccc3ccccc3c2)ccc1=O. The average Bonchev–Trinajstić information content (AvgIpc) is 2.65. The number of rotatable bonds is 6. The molecule has 1 amide bonds. The number of nitrogens with zero attached hydrogens (tertiary/aromatic N) is 2. The molecule has 3 rings (SSSR count). The molecule has 0 aliphatic carbocycles. The molecule has 0 saturated carbocycles. The van der Waals surface area contributed by atoms with Gasteiger partial charge in [-0.15, -0.1) is 0 Å². The summed E-state index contributed by atoms with van der Waals surface area (Å²) < 4.78 is 6.17. The largest absolute Gasteiger partial charge is 0.383 e. The molecular formula is C19H19N3O3. The zero-order valence-electron chi connectivity index (χ0n) is 13.9. The molecular weight excluding hydrogens is 318 g/mol. The fourth-order valence-corrected chi connectivity index (χ4v) is 2.53. The number of aromatic nitrogens is 2. The van der Waals surface area contributed by atoms with Crippen LogP contribution in [0, 0.1) is 0 Å². The lowest BCUT2D eigenvalue weighted by molar-refractivity contribution is 0.0942. The normalized spacial score (nSPS) is 10.8. The molecule has 1 heterocycles. The van der Waals surface area contributed by atoms with Crippen LogP contribution in [0.1, 0.15) is 16.1 Å². The van der Waals surface area contributed by atoms with Crippen LogP contribution in [0.4, 0.5) is 0 Å². The van der Waals surface area contributed by atoms with Crippen molar-refractivity contribution in [2.45, 2.75) is 13.1 Å². The van der Waals surface area contributed by atoms with E-state index in [4.69, 9.17) is 4.74 Å². The Hall–Kier alpha value is -2.99. The Kier molecular flexibility index (Phi) is 5.20. The van der Waals surface area contributed by atoms with Crippen molar-refractivity contribution in [2.75, 3.05) is 13.7 Å². The topological polar surface area (TPSA) is 73.2 Å². The molecule has 0 atom stereocenters. The van der Waals surface area contributed by atoms with Crippen molar-refractivity contribution in [1.82, 2.24) is 15.1 Å². The standard InChI is InChI=1S/C19H19N3O3/c1-25-11-10-22-18(23)9-8-17(21-22)19(24)20-13-14-6-7-15-4-2-3-5-16(15)12-14/h2-9,12H,10-11,13H2,1H3,(H,20,24). The Balaban J connectivity index is 1.70. The molecule has 2 aromatic carbocycles. The highest BCUT2D eigenvalue weighted by Crippen LogP contribution is 2.15. The smallest absolute Gasteiger partial charge is 0.271 e. The third-order valence-electron chi connectivity index (χ3n) is 3.87. The fraction of sp³-hybridized carbons (Fsp3) is 0.211. The summed E-state index contributed by atoms with van der Waals surface area (Å²) in [7, 11) is 1.55. The van der Waals surface area contributed by atoms with Crippen LogP contribution in [-0.2, 0) is 17.8 Å². The lowest BCUT2D eigenvalue weighted by atomic mass is 10.1. The predicted octanol–water partition coefficient (Wildman–Crippen LogP) is 1.97. The maximum atomic E-state index is 12.3. The van der Waals surface area contributed by atoms with E-state index in [1.54, 1.807) is 7.11 Å². The van der Waals surface area contributed by atoms with Gasteiger partial charge in [0.25, 0.3) is 11.5 Å². The Labute approximate surface area is 145 Å². The molecule has 0 radical (unpaired) electrons. The molecule has 0 spiro atoms. The van der Waals surface area contributed by atoms with E-state index in [0.717, 1.165) is 16.3 Å². The van der Waals surface area contributed by atoms with Gasteiger partial charge >= 0.3 is 0 Å². The summed E-state index contributed by atoms with van der Waals surface area (Å²) in [5.41, 5.74) is 0.944. The molecule has 0 unspecified atom stereocenters. The molecule has 0 aliphatic rings. The monoisotopic (exact) mass is 337 g/mol. The second kappa shape index (κ2) is 7.72. The quantitative estimate of drug-likeness (QED) is 0.746. The summed E-state index contributed by atoms with van der Waals surface area (Å²) in [6.45, 7) is 1.05. The van der Waals surface area contributed by atoms with Crippen LogP contribution < -0.4 is 10.9 Å². The van der Waals surface area contributed by atoms with Crippen molar-refractivity contribution in [3.63, 3.8) is 0 Å². The lowest BCUT2D eigenvalue weighted by Crippen LogP contribution is -2.30. The minimum absolute atomic E-state index is 0.205. The third-order valence-corrected chi connectivity index (χ3v) is 3.87. The molecule has 25 heavy (non-hydrogen) atoms. The molecule has 6 heteroatoms. The maximum absolute atomic E-state index is 12.3. The zero-order chi connectivity index (χ0) is 17.6. The second-order valence-electron chi connectivity index (χ2n) is 5.64. The fourth-order valence-electron chi connectivity index (χ4n) is 2.53. The van der Waals surface area contributed by atoms with E-state index in [1.807, 2.05) is 42.5 Å². The first-order chi connectivity index (χ1) is 12.2. The summed E-state index contributed by atoms with van der Waals surface area (Å²) in [5.74, 6) is -0.320. The number of carbonyl (C=O) groups excluding carboxylic acids is 1. The van der Waals surface area contributed by atoms with Gasteiger partial charge in [-0.25, -0.2) is 4.68 Å². The summed E-state index contributed by atoms with van der Waals surface area (Å²) in [4.78, 5) is 24.0. The summed E-state index contributed by atoms with van der Waals surface area (Å²) >= 11 is 0. The summed E-state index contributed by atoms with van der Waals surface area (Å²) in [6.07, 6.45) is 0. The first-order valence-corrected chi connectivity index (χ1v) is 8.00. The number of hydrogen-bond donors (Lipinski definition) is 1.